The maximum absolute atomic E-state index is 13.4. The molecule has 0 amide bonds. The summed E-state index contributed by atoms with van der Waals surface area (Å²) in [6.45, 7) is 0. The number of para-hydroxylation sites is 1. The maximum Gasteiger partial charge on any atom is 0.417 e. The number of fused-ring (bicyclic) bond motifs is 3. The topological polar surface area (TPSA) is 27.0 Å². The molecule has 0 saturated carbocycles. The highest BCUT2D eigenvalue weighted by atomic mass is 32.1. The molecule has 134 valence electrons. The van der Waals surface area contributed by atoms with E-state index < -0.39 is 11.7 Å². The number of halogens is 3. The van der Waals surface area contributed by atoms with Gasteiger partial charge in [0.15, 0.2) is 0 Å². The van der Waals surface area contributed by atoms with Crippen LogP contribution in [-0.4, -0.2) is 7.05 Å². The zero-order valence-corrected chi connectivity index (χ0v) is 15.0. The minimum Gasteiger partial charge on any atom is -0.342 e. The highest BCUT2D eigenvalue weighted by molar-refractivity contribution is 7.26. The number of hydrogen-bond acceptors (Lipinski definition) is 3. The van der Waals surface area contributed by atoms with Gasteiger partial charge in [-0.3, -0.25) is 0 Å². The number of rotatable bonds is 2. The molecule has 0 aliphatic carbocycles. The second kappa shape index (κ2) is 6.29. The Balaban J connectivity index is 1.99. The van der Waals surface area contributed by atoms with Crippen molar-refractivity contribution in [1.29, 1.82) is 5.26 Å². The van der Waals surface area contributed by atoms with Crippen molar-refractivity contribution in [3.63, 3.8) is 0 Å². The van der Waals surface area contributed by atoms with Gasteiger partial charge in [-0.05, 0) is 24.3 Å². The average Bonchev–Trinajstić information content (AvgIpc) is 3.05. The lowest BCUT2D eigenvalue weighted by atomic mass is 10.1. The fraction of sp³-hybridized carbons (Fsp3) is 0.0952. The van der Waals surface area contributed by atoms with Crippen LogP contribution in [0.5, 0.6) is 0 Å². The van der Waals surface area contributed by atoms with Crippen LogP contribution in [-0.2, 0) is 6.18 Å². The maximum atomic E-state index is 13.4. The molecular formula is C21H13F3N2S. The fourth-order valence-corrected chi connectivity index (χ4v) is 4.67. The zero-order chi connectivity index (χ0) is 19.2. The van der Waals surface area contributed by atoms with E-state index in [2.05, 4.69) is 6.07 Å². The number of anilines is 2. The first-order valence-electron chi connectivity index (χ1n) is 8.16. The minimum absolute atomic E-state index is 0.231. The number of nitriles is 1. The Bertz CT molecular complexity index is 1200. The number of hydrogen-bond donors (Lipinski definition) is 0. The lowest BCUT2D eigenvalue weighted by molar-refractivity contribution is -0.136. The standard InChI is InChI=1S/C21H13F3N2S/c1-26(17-10-3-2-6-13(17)12-25)18-11-5-8-15-14-7-4-9-16(21(22,23)24)19(14)27-20(15)18/h2-11H,1H3. The van der Waals surface area contributed by atoms with Crippen molar-refractivity contribution < 1.29 is 13.2 Å². The molecule has 0 radical (unpaired) electrons. The summed E-state index contributed by atoms with van der Waals surface area (Å²) in [6.07, 6.45) is -4.40. The Hall–Kier alpha value is -3.04. The largest absolute Gasteiger partial charge is 0.417 e. The molecule has 6 heteroatoms. The molecule has 0 unspecified atom stereocenters. The molecule has 0 bridgehead atoms. The normalized spacial score (nSPS) is 11.7. The molecule has 27 heavy (non-hydrogen) atoms. The van der Waals surface area contributed by atoms with Gasteiger partial charge in [-0.2, -0.15) is 18.4 Å². The third-order valence-corrected chi connectivity index (χ3v) is 5.83. The van der Waals surface area contributed by atoms with Crippen LogP contribution < -0.4 is 4.90 Å². The van der Waals surface area contributed by atoms with Crippen molar-refractivity contribution in [2.24, 2.45) is 0 Å². The first-order chi connectivity index (χ1) is 12.9. The van der Waals surface area contributed by atoms with Crippen LogP contribution in [0.15, 0.2) is 60.7 Å². The summed E-state index contributed by atoms with van der Waals surface area (Å²) in [7, 11) is 1.82. The van der Waals surface area contributed by atoms with Crippen LogP contribution in [0.25, 0.3) is 20.2 Å². The van der Waals surface area contributed by atoms with Crippen molar-refractivity contribution in [2.45, 2.75) is 6.18 Å². The van der Waals surface area contributed by atoms with Gasteiger partial charge < -0.3 is 4.90 Å². The van der Waals surface area contributed by atoms with E-state index in [1.165, 1.54) is 6.07 Å². The molecule has 0 fully saturated rings. The summed E-state index contributed by atoms with van der Waals surface area (Å²) in [5.74, 6) is 0. The number of benzene rings is 3. The minimum atomic E-state index is -4.40. The Kier molecular flexibility index (Phi) is 4.05. The second-order valence-electron chi connectivity index (χ2n) is 6.12. The van der Waals surface area contributed by atoms with Crippen LogP contribution >= 0.6 is 11.3 Å². The third-order valence-electron chi connectivity index (χ3n) is 4.56. The number of thiophene rings is 1. The predicted octanol–water partition coefficient (Wildman–Crippen LogP) is 6.71. The molecule has 0 aliphatic heterocycles. The van der Waals surface area contributed by atoms with Gasteiger partial charge in [0.2, 0.25) is 0 Å². The Morgan fingerprint density at radius 2 is 1.48 bits per heavy atom. The average molecular weight is 382 g/mol. The molecule has 4 aromatic rings. The van der Waals surface area contributed by atoms with Crippen molar-refractivity contribution in [3.8, 4) is 6.07 Å². The predicted molar refractivity (Wildman–Crippen MR) is 104 cm³/mol. The molecule has 0 spiro atoms. The SMILES string of the molecule is CN(c1ccccc1C#N)c1cccc2c1sc1c(C(F)(F)F)cccc12. The molecule has 3 aromatic carbocycles. The molecule has 4 rings (SSSR count). The van der Waals surface area contributed by atoms with Gasteiger partial charge in [-0.15, -0.1) is 11.3 Å². The van der Waals surface area contributed by atoms with E-state index >= 15 is 0 Å². The highest BCUT2D eigenvalue weighted by Gasteiger charge is 2.33. The first kappa shape index (κ1) is 17.4. The molecule has 1 aromatic heterocycles. The van der Waals surface area contributed by atoms with E-state index in [9.17, 15) is 18.4 Å². The van der Waals surface area contributed by atoms with Gasteiger partial charge in [-0.1, -0.05) is 36.4 Å². The summed E-state index contributed by atoms with van der Waals surface area (Å²) in [4.78, 5) is 1.85. The van der Waals surface area contributed by atoms with E-state index in [0.717, 1.165) is 33.2 Å². The van der Waals surface area contributed by atoms with Gasteiger partial charge in [0, 0.05) is 22.5 Å². The van der Waals surface area contributed by atoms with E-state index in [4.69, 9.17) is 0 Å². The van der Waals surface area contributed by atoms with E-state index in [1.54, 1.807) is 18.2 Å². The molecule has 0 atom stereocenters. The van der Waals surface area contributed by atoms with E-state index in [1.807, 2.05) is 42.3 Å². The Morgan fingerprint density at radius 3 is 2.19 bits per heavy atom. The lowest BCUT2D eigenvalue weighted by Crippen LogP contribution is -2.10. The molecule has 0 aliphatic rings. The van der Waals surface area contributed by atoms with E-state index in [0.29, 0.717) is 16.6 Å². The quantitative estimate of drug-likeness (QED) is 0.385. The molecule has 2 nitrogen and oxygen atoms in total. The zero-order valence-electron chi connectivity index (χ0n) is 14.2. The smallest absolute Gasteiger partial charge is 0.342 e. The van der Waals surface area contributed by atoms with Crippen molar-refractivity contribution in [1.82, 2.24) is 0 Å². The third kappa shape index (κ3) is 2.81. The monoisotopic (exact) mass is 382 g/mol. The van der Waals surface area contributed by atoms with Gasteiger partial charge >= 0.3 is 6.18 Å². The lowest BCUT2D eigenvalue weighted by Gasteiger charge is -2.21. The van der Waals surface area contributed by atoms with Gasteiger partial charge in [-0.25, -0.2) is 0 Å². The van der Waals surface area contributed by atoms with Gasteiger partial charge in [0.25, 0.3) is 0 Å². The van der Waals surface area contributed by atoms with Gasteiger partial charge in [0.05, 0.1) is 27.2 Å². The molecular weight excluding hydrogens is 369 g/mol. The summed E-state index contributed by atoms with van der Waals surface area (Å²) in [6, 6.07) is 19.1. The number of nitrogens with zero attached hydrogens (tertiary/aromatic N) is 2. The summed E-state index contributed by atoms with van der Waals surface area (Å²) in [5, 5.41) is 10.7. The Labute approximate surface area is 157 Å². The summed E-state index contributed by atoms with van der Waals surface area (Å²) >= 11 is 1.13. The fourth-order valence-electron chi connectivity index (χ4n) is 3.28. The Morgan fingerprint density at radius 1 is 0.852 bits per heavy atom. The molecule has 0 N–H and O–H groups in total. The van der Waals surface area contributed by atoms with Crippen molar-refractivity contribution in [2.75, 3.05) is 11.9 Å². The second-order valence-corrected chi connectivity index (χ2v) is 7.14. The van der Waals surface area contributed by atoms with Crippen LogP contribution in [0, 0.1) is 11.3 Å². The van der Waals surface area contributed by atoms with Crippen molar-refractivity contribution >= 4 is 42.9 Å². The number of alkyl halides is 3. The van der Waals surface area contributed by atoms with Crippen LogP contribution in [0.4, 0.5) is 24.5 Å². The van der Waals surface area contributed by atoms with Crippen molar-refractivity contribution in [3.05, 3.63) is 71.8 Å². The first-order valence-corrected chi connectivity index (χ1v) is 8.98. The van der Waals surface area contributed by atoms with Crippen LogP contribution in [0.3, 0.4) is 0 Å². The summed E-state index contributed by atoms with van der Waals surface area (Å²) in [5.41, 5.74) is 1.37. The molecule has 0 saturated heterocycles. The van der Waals surface area contributed by atoms with Crippen LogP contribution in [0.2, 0.25) is 0 Å². The molecule has 1 heterocycles. The summed E-state index contributed by atoms with van der Waals surface area (Å²) < 4.78 is 41.3. The van der Waals surface area contributed by atoms with E-state index in [-0.39, 0.29) is 4.70 Å². The van der Waals surface area contributed by atoms with Gasteiger partial charge in [0.1, 0.15) is 6.07 Å². The highest BCUT2D eigenvalue weighted by Crippen LogP contribution is 2.45. The van der Waals surface area contributed by atoms with Crippen LogP contribution in [0.1, 0.15) is 11.1 Å².